The Labute approximate surface area is 193 Å². The molecule has 2 aliphatic heterocycles. The van der Waals surface area contributed by atoms with Gasteiger partial charge >= 0.3 is 6.18 Å². The molecule has 1 N–H and O–H groups in total. The summed E-state index contributed by atoms with van der Waals surface area (Å²) in [7, 11) is 1.40. The maximum absolute atomic E-state index is 13.3. The van der Waals surface area contributed by atoms with Crippen LogP contribution in [0.15, 0.2) is 30.5 Å². The minimum atomic E-state index is -4.51. The van der Waals surface area contributed by atoms with Gasteiger partial charge in [-0.15, -0.1) is 10.2 Å². The molecule has 12 heteroatoms. The number of nitrogens with zero attached hydrogens (tertiary/aromatic N) is 5. The molecule has 5 rings (SSSR count). The first kappa shape index (κ1) is 22.8. The van der Waals surface area contributed by atoms with Crippen molar-refractivity contribution in [2.75, 3.05) is 45.5 Å². The third kappa shape index (κ3) is 4.52. The Bertz CT molecular complexity index is 1150. The number of rotatable bonds is 7. The monoisotopic (exact) mass is 478 g/mol. The van der Waals surface area contributed by atoms with Crippen molar-refractivity contribution in [3.63, 3.8) is 0 Å². The molecule has 2 aliphatic rings. The van der Waals surface area contributed by atoms with E-state index in [1.54, 1.807) is 16.8 Å². The molecule has 0 radical (unpaired) electrons. The van der Waals surface area contributed by atoms with Gasteiger partial charge in [0.05, 0.1) is 36.5 Å². The number of alkyl halides is 3. The van der Waals surface area contributed by atoms with Crippen LogP contribution >= 0.6 is 0 Å². The van der Waals surface area contributed by atoms with Gasteiger partial charge in [-0.25, -0.2) is 0 Å². The van der Waals surface area contributed by atoms with Gasteiger partial charge in [0.2, 0.25) is 5.95 Å². The summed E-state index contributed by atoms with van der Waals surface area (Å²) in [5.41, 5.74) is 0.500. The van der Waals surface area contributed by atoms with Crippen molar-refractivity contribution in [1.29, 1.82) is 0 Å². The lowest BCUT2D eigenvalue weighted by Crippen LogP contribution is -2.54. The minimum absolute atomic E-state index is 0.000393. The zero-order chi connectivity index (χ0) is 23.7. The fourth-order valence-corrected chi connectivity index (χ4v) is 4.33. The molecule has 34 heavy (non-hydrogen) atoms. The summed E-state index contributed by atoms with van der Waals surface area (Å²) in [5.74, 6) is 0.479. The van der Waals surface area contributed by atoms with Gasteiger partial charge in [0.1, 0.15) is 11.4 Å². The smallest absolute Gasteiger partial charge is 0.416 e. The summed E-state index contributed by atoms with van der Waals surface area (Å²) in [6.45, 7) is 3.25. The molecule has 2 aromatic heterocycles. The first-order valence-electron chi connectivity index (χ1n) is 11.1. The van der Waals surface area contributed by atoms with Crippen molar-refractivity contribution >= 4 is 11.5 Å². The number of anilines is 1. The van der Waals surface area contributed by atoms with E-state index in [-0.39, 0.29) is 18.6 Å². The predicted molar refractivity (Wildman–Crippen MR) is 117 cm³/mol. The highest BCUT2D eigenvalue weighted by atomic mass is 19.4. The molecule has 9 nitrogen and oxygen atoms in total. The Morgan fingerprint density at radius 3 is 2.79 bits per heavy atom. The van der Waals surface area contributed by atoms with Crippen LogP contribution in [-0.2, 0) is 15.7 Å². The van der Waals surface area contributed by atoms with Crippen molar-refractivity contribution in [2.45, 2.75) is 31.1 Å². The van der Waals surface area contributed by atoms with E-state index in [2.05, 4.69) is 25.5 Å². The number of piperidine rings is 1. The van der Waals surface area contributed by atoms with E-state index in [1.807, 2.05) is 0 Å². The topological polar surface area (TPSA) is 86.0 Å². The minimum Gasteiger partial charge on any atom is -0.467 e. The molecule has 3 aromatic rings. The summed E-state index contributed by atoms with van der Waals surface area (Å²) < 4.78 is 57.1. The molecule has 0 spiro atoms. The fourth-order valence-electron chi connectivity index (χ4n) is 4.33. The van der Waals surface area contributed by atoms with Gasteiger partial charge in [-0.3, -0.25) is 4.90 Å². The highest BCUT2D eigenvalue weighted by Crippen LogP contribution is 2.38. The van der Waals surface area contributed by atoms with Crippen molar-refractivity contribution in [2.24, 2.45) is 0 Å². The number of methoxy groups -OCH3 is 1. The highest BCUT2D eigenvalue weighted by Gasteiger charge is 2.33. The number of ether oxygens (including phenoxy) is 3. The molecule has 0 unspecified atom stereocenters. The van der Waals surface area contributed by atoms with Gasteiger partial charge in [0, 0.05) is 25.3 Å². The summed E-state index contributed by atoms with van der Waals surface area (Å²) >= 11 is 0. The molecular weight excluding hydrogens is 453 g/mol. The quantitative estimate of drug-likeness (QED) is 0.519. The van der Waals surface area contributed by atoms with Crippen LogP contribution in [0.1, 0.15) is 18.4 Å². The third-order valence-electron chi connectivity index (χ3n) is 6.15. The number of fused-ring (bicyclic) bond motifs is 1. The third-order valence-corrected chi connectivity index (χ3v) is 6.15. The summed E-state index contributed by atoms with van der Waals surface area (Å²) in [4.78, 5) is 2.42. The predicted octanol–water partition coefficient (Wildman–Crippen LogP) is 3.07. The average molecular weight is 478 g/mol. The Kier molecular flexibility index (Phi) is 6.28. The maximum atomic E-state index is 13.3. The highest BCUT2D eigenvalue weighted by molar-refractivity contribution is 5.81. The van der Waals surface area contributed by atoms with Crippen LogP contribution in [0.4, 0.5) is 19.1 Å². The number of benzene rings is 1. The van der Waals surface area contributed by atoms with E-state index in [4.69, 9.17) is 14.2 Å². The van der Waals surface area contributed by atoms with Crippen LogP contribution in [0.2, 0.25) is 0 Å². The Morgan fingerprint density at radius 2 is 2.06 bits per heavy atom. The van der Waals surface area contributed by atoms with Crippen molar-refractivity contribution in [3.8, 4) is 17.0 Å². The summed E-state index contributed by atoms with van der Waals surface area (Å²) in [5, 5.41) is 16.5. The van der Waals surface area contributed by atoms with Crippen LogP contribution in [0.3, 0.4) is 0 Å². The molecule has 4 heterocycles. The number of hydrogen-bond acceptors (Lipinski definition) is 8. The van der Waals surface area contributed by atoms with Crippen LogP contribution in [0, 0.1) is 0 Å². The van der Waals surface area contributed by atoms with Crippen LogP contribution in [0.5, 0.6) is 5.75 Å². The molecule has 1 atom stereocenters. The second-order valence-corrected chi connectivity index (χ2v) is 8.43. The van der Waals surface area contributed by atoms with Crippen LogP contribution < -0.4 is 10.1 Å². The van der Waals surface area contributed by atoms with Gasteiger partial charge in [0.25, 0.3) is 0 Å². The Balaban J connectivity index is 1.45. The number of hydrogen-bond donors (Lipinski definition) is 1. The molecule has 0 saturated carbocycles. The van der Waals surface area contributed by atoms with E-state index in [0.717, 1.165) is 51.3 Å². The van der Waals surface area contributed by atoms with Crippen molar-refractivity contribution in [3.05, 3.63) is 36.0 Å². The van der Waals surface area contributed by atoms with Crippen molar-refractivity contribution < 1.29 is 27.4 Å². The number of halogens is 3. The molecule has 2 fully saturated rings. The van der Waals surface area contributed by atoms with E-state index in [1.165, 1.54) is 13.2 Å². The molecule has 0 bridgehead atoms. The number of nitrogens with one attached hydrogen (secondary N) is 1. The van der Waals surface area contributed by atoms with Crippen molar-refractivity contribution in [1.82, 2.24) is 24.7 Å². The van der Waals surface area contributed by atoms with Crippen LogP contribution in [0.25, 0.3) is 16.8 Å². The number of aromatic nitrogens is 4. The zero-order valence-electron chi connectivity index (χ0n) is 18.6. The molecule has 0 aliphatic carbocycles. The largest absolute Gasteiger partial charge is 0.467 e. The Hall–Kier alpha value is -2.96. The fraction of sp³-hybridized carbons (Fsp3) is 0.500. The molecule has 182 valence electrons. The van der Waals surface area contributed by atoms with E-state index < -0.39 is 11.7 Å². The SMILES string of the molecule is COCOc1cc(C(F)(F)F)ccc1-c1nnc(N[C@@H]2CCCN(C3COC3)C2)n2nccc12. The van der Waals surface area contributed by atoms with Gasteiger partial charge in [-0.2, -0.15) is 22.8 Å². The van der Waals surface area contributed by atoms with E-state index in [9.17, 15) is 13.2 Å². The lowest BCUT2D eigenvalue weighted by Gasteiger charge is -2.42. The van der Waals surface area contributed by atoms with Gasteiger partial charge in [-0.1, -0.05) is 0 Å². The number of likely N-dealkylation sites (tertiary alicyclic amines) is 1. The zero-order valence-corrected chi connectivity index (χ0v) is 18.6. The average Bonchev–Trinajstić information content (AvgIpc) is 3.27. The van der Waals surface area contributed by atoms with Gasteiger partial charge in [-0.05, 0) is 43.7 Å². The standard InChI is InChI=1S/C22H25F3N6O3/c1-32-13-34-19-9-14(22(23,24)25)4-5-17(19)20-18-6-7-26-31(18)21(29-28-20)27-15-3-2-8-30(10-15)16-11-33-12-16/h4-7,9,15-16H,2-3,8,10-13H2,1H3,(H,27,29)/t15-/m1/s1. The van der Waals surface area contributed by atoms with Gasteiger partial charge < -0.3 is 19.5 Å². The second-order valence-electron chi connectivity index (χ2n) is 8.43. The van der Waals surface area contributed by atoms with E-state index >= 15 is 0 Å². The summed E-state index contributed by atoms with van der Waals surface area (Å²) in [6, 6.07) is 5.65. The first-order chi connectivity index (χ1) is 16.4. The second kappa shape index (κ2) is 9.35. The summed E-state index contributed by atoms with van der Waals surface area (Å²) in [6.07, 6.45) is -0.849. The molecule has 2 saturated heterocycles. The first-order valence-corrected chi connectivity index (χ1v) is 11.1. The normalized spacial score (nSPS) is 19.8. The lowest BCUT2D eigenvalue weighted by molar-refractivity contribution is -0.137. The molecule has 1 aromatic carbocycles. The van der Waals surface area contributed by atoms with E-state index in [0.29, 0.717) is 28.8 Å². The lowest BCUT2D eigenvalue weighted by atomic mass is 10.0. The molecular formula is C22H25F3N6O3. The van der Waals surface area contributed by atoms with Crippen LogP contribution in [-0.4, -0.2) is 77.0 Å². The van der Waals surface area contributed by atoms with Gasteiger partial charge in [0.15, 0.2) is 6.79 Å². The maximum Gasteiger partial charge on any atom is 0.416 e. The Morgan fingerprint density at radius 1 is 1.21 bits per heavy atom. The molecule has 0 amide bonds.